The van der Waals surface area contributed by atoms with Crippen LogP contribution in [0.5, 0.6) is 0 Å². The Morgan fingerprint density at radius 3 is 2.75 bits per heavy atom. The van der Waals surface area contributed by atoms with E-state index >= 15 is 0 Å². The van der Waals surface area contributed by atoms with Crippen molar-refractivity contribution in [3.05, 3.63) is 70.9 Å². The quantitative estimate of drug-likeness (QED) is 0.441. The molecule has 1 saturated heterocycles. The number of hydrogen-bond donors (Lipinski definition) is 1. The zero-order chi connectivity index (χ0) is 22.2. The van der Waals surface area contributed by atoms with E-state index in [1.807, 2.05) is 48.2 Å². The molecule has 3 heterocycles. The largest absolute Gasteiger partial charge is 0.353 e. The number of urea groups is 1. The van der Waals surface area contributed by atoms with Crippen molar-refractivity contribution in [2.75, 3.05) is 36.4 Å². The molecule has 1 aliphatic rings. The number of nitrogens with one attached hydrogen (secondary N) is 1. The zero-order valence-electron chi connectivity index (χ0n) is 18.3. The summed E-state index contributed by atoms with van der Waals surface area (Å²) in [5, 5.41) is 3.77. The van der Waals surface area contributed by atoms with Crippen LogP contribution in [0, 0.1) is 13.8 Å². The third-order valence-electron chi connectivity index (χ3n) is 6.33. The van der Waals surface area contributed by atoms with E-state index in [1.165, 1.54) is 5.56 Å². The molecule has 1 fully saturated rings. The SMILES string of the molecule is Cc1cccc(NC(=O)N2CCCN(c3nc4cc(Cl)ccc4n4cccc34)CC2)c1C. The van der Waals surface area contributed by atoms with Crippen LogP contribution in [0.3, 0.4) is 0 Å². The van der Waals surface area contributed by atoms with Crippen molar-refractivity contribution in [2.45, 2.75) is 20.3 Å². The predicted octanol–water partition coefficient (Wildman–Crippen LogP) is 5.50. The van der Waals surface area contributed by atoms with E-state index in [4.69, 9.17) is 16.6 Å². The summed E-state index contributed by atoms with van der Waals surface area (Å²) in [6, 6.07) is 15.9. The highest BCUT2D eigenvalue weighted by atomic mass is 35.5. The second-order valence-corrected chi connectivity index (χ2v) is 8.77. The number of benzene rings is 2. The lowest BCUT2D eigenvalue weighted by Gasteiger charge is -2.24. The van der Waals surface area contributed by atoms with E-state index in [2.05, 4.69) is 39.9 Å². The van der Waals surface area contributed by atoms with Crippen molar-refractivity contribution in [2.24, 2.45) is 0 Å². The number of fused-ring (bicyclic) bond motifs is 3. The fourth-order valence-corrected chi connectivity index (χ4v) is 4.55. The molecule has 5 rings (SSSR count). The maximum absolute atomic E-state index is 13.0. The Balaban J connectivity index is 1.38. The van der Waals surface area contributed by atoms with Crippen molar-refractivity contribution < 1.29 is 4.79 Å². The molecule has 0 saturated carbocycles. The number of aromatic nitrogens is 2. The number of aryl methyl sites for hydroxylation is 1. The highest BCUT2D eigenvalue weighted by Crippen LogP contribution is 2.28. The van der Waals surface area contributed by atoms with Gasteiger partial charge in [-0.1, -0.05) is 23.7 Å². The summed E-state index contributed by atoms with van der Waals surface area (Å²) in [7, 11) is 0. The molecule has 0 spiro atoms. The van der Waals surface area contributed by atoms with Gasteiger partial charge in [0.1, 0.15) is 0 Å². The molecule has 0 unspecified atom stereocenters. The Morgan fingerprint density at radius 1 is 1.00 bits per heavy atom. The standard InChI is InChI=1S/C25H26ClN5O/c1-17-6-3-7-20(18(17)2)28-25(32)30-12-5-11-29(14-15-30)24-23-8-4-13-31(23)22-10-9-19(26)16-21(22)27-24/h3-4,6-10,13,16H,5,11-12,14-15H2,1-2H3,(H,28,32). The van der Waals surface area contributed by atoms with Crippen molar-refractivity contribution >= 4 is 45.7 Å². The molecule has 6 nitrogen and oxygen atoms in total. The van der Waals surface area contributed by atoms with Gasteiger partial charge >= 0.3 is 6.03 Å². The van der Waals surface area contributed by atoms with Crippen LogP contribution in [0.2, 0.25) is 5.02 Å². The van der Waals surface area contributed by atoms with Crippen LogP contribution in [0.1, 0.15) is 17.5 Å². The zero-order valence-corrected chi connectivity index (χ0v) is 19.1. The fourth-order valence-electron chi connectivity index (χ4n) is 4.38. The van der Waals surface area contributed by atoms with Gasteiger partial charge in [0.15, 0.2) is 5.82 Å². The molecule has 164 valence electrons. The molecule has 4 aromatic rings. The molecule has 1 aliphatic heterocycles. The van der Waals surface area contributed by atoms with Crippen molar-refractivity contribution in [3.63, 3.8) is 0 Å². The third-order valence-corrected chi connectivity index (χ3v) is 6.57. The van der Waals surface area contributed by atoms with Crippen LogP contribution in [-0.4, -0.2) is 46.5 Å². The van der Waals surface area contributed by atoms with Crippen LogP contribution in [0.25, 0.3) is 16.6 Å². The maximum Gasteiger partial charge on any atom is 0.321 e. The number of carbonyl (C=O) groups excluding carboxylic acids is 1. The lowest BCUT2D eigenvalue weighted by atomic mass is 10.1. The van der Waals surface area contributed by atoms with E-state index in [1.54, 1.807) is 0 Å². The summed E-state index contributed by atoms with van der Waals surface area (Å²) >= 11 is 6.24. The molecule has 32 heavy (non-hydrogen) atoms. The van der Waals surface area contributed by atoms with E-state index in [-0.39, 0.29) is 6.03 Å². The minimum Gasteiger partial charge on any atom is -0.353 e. The van der Waals surface area contributed by atoms with E-state index in [9.17, 15) is 4.79 Å². The van der Waals surface area contributed by atoms with Gasteiger partial charge in [-0.15, -0.1) is 0 Å². The second-order valence-electron chi connectivity index (χ2n) is 8.34. The monoisotopic (exact) mass is 447 g/mol. The molecule has 0 atom stereocenters. The Morgan fingerprint density at radius 2 is 1.88 bits per heavy atom. The number of carbonyl (C=O) groups is 1. The number of rotatable bonds is 2. The van der Waals surface area contributed by atoms with Crippen LogP contribution >= 0.6 is 11.6 Å². The second kappa shape index (κ2) is 8.36. The topological polar surface area (TPSA) is 52.9 Å². The van der Waals surface area contributed by atoms with Crippen LogP contribution in [0.4, 0.5) is 16.3 Å². The van der Waals surface area contributed by atoms with Gasteiger partial charge in [0, 0.05) is 43.1 Å². The Labute approximate surface area is 192 Å². The van der Waals surface area contributed by atoms with Gasteiger partial charge in [-0.2, -0.15) is 0 Å². The number of nitrogens with zero attached hydrogens (tertiary/aromatic N) is 4. The minimum atomic E-state index is -0.0494. The Hall–Kier alpha value is -3.25. The average molecular weight is 448 g/mol. The molecular formula is C25H26ClN5O. The van der Waals surface area contributed by atoms with Crippen molar-refractivity contribution in [1.29, 1.82) is 0 Å². The van der Waals surface area contributed by atoms with Gasteiger partial charge in [0.05, 0.1) is 16.6 Å². The maximum atomic E-state index is 13.0. The third kappa shape index (κ3) is 3.75. The minimum absolute atomic E-state index is 0.0494. The summed E-state index contributed by atoms with van der Waals surface area (Å²) < 4.78 is 2.16. The van der Waals surface area contributed by atoms with Gasteiger partial charge in [0.25, 0.3) is 0 Å². The summed E-state index contributed by atoms with van der Waals surface area (Å²) in [6.45, 7) is 7.01. The molecule has 0 bridgehead atoms. The Kier molecular flexibility index (Phi) is 5.39. The van der Waals surface area contributed by atoms with E-state index in [0.29, 0.717) is 18.1 Å². The molecular weight excluding hydrogens is 422 g/mol. The summed E-state index contributed by atoms with van der Waals surface area (Å²) in [5.41, 5.74) is 6.11. The number of anilines is 2. The molecule has 0 aliphatic carbocycles. The lowest BCUT2D eigenvalue weighted by molar-refractivity contribution is 0.215. The first-order chi connectivity index (χ1) is 15.5. The van der Waals surface area contributed by atoms with Crippen LogP contribution < -0.4 is 10.2 Å². The summed E-state index contributed by atoms with van der Waals surface area (Å²) in [6.07, 6.45) is 2.93. The van der Waals surface area contributed by atoms with Crippen molar-refractivity contribution in [1.82, 2.24) is 14.3 Å². The van der Waals surface area contributed by atoms with Gasteiger partial charge < -0.3 is 19.5 Å². The first-order valence-corrected chi connectivity index (χ1v) is 11.3. The molecule has 2 aromatic carbocycles. The smallest absolute Gasteiger partial charge is 0.321 e. The lowest BCUT2D eigenvalue weighted by Crippen LogP contribution is -2.38. The van der Waals surface area contributed by atoms with Gasteiger partial charge in [-0.05, 0) is 67.8 Å². The predicted molar refractivity (Wildman–Crippen MR) is 131 cm³/mol. The van der Waals surface area contributed by atoms with Gasteiger partial charge in [-0.25, -0.2) is 9.78 Å². The van der Waals surface area contributed by atoms with Gasteiger partial charge in [-0.3, -0.25) is 0 Å². The average Bonchev–Trinajstić information content (AvgIpc) is 3.14. The number of hydrogen-bond acceptors (Lipinski definition) is 3. The number of halogens is 1. The molecule has 7 heteroatoms. The summed E-state index contributed by atoms with van der Waals surface area (Å²) in [4.78, 5) is 22.1. The highest BCUT2D eigenvalue weighted by Gasteiger charge is 2.22. The van der Waals surface area contributed by atoms with E-state index < -0.39 is 0 Å². The highest BCUT2D eigenvalue weighted by molar-refractivity contribution is 6.31. The normalized spacial score (nSPS) is 14.7. The first-order valence-electron chi connectivity index (χ1n) is 10.9. The number of amides is 2. The molecule has 2 amide bonds. The molecule has 2 aromatic heterocycles. The van der Waals surface area contributed by atoms with Gasteiger partial charge in [0.2, 0.25) is 0 Å². The van der Waals surface area contributed by atoms with Crippen molar-refractivity contribution in [3.8, 4) is 0 Å². The van der Waals surface area contributed by atoms with Crippen LogP contribution in [-0.2, 0) is 0 Å². The Bertz CT molecular complexity index is 1310. The fraction of sp³-hybridized carbons (Fsp3) is 0.280. The molecule has 1 N–H and O–H groups in total. The van der Waals surface area contributed by atoms with E-state index in [0.717, 1.165) is 53.1 Å². The molecule has 0 radical (unpaired) electrons. The summed E-state index contributed by atoms with van der Waals surface area (Å²) in [5.74, 6) is 0.932. The first kappa shape index (κ1) is 20.6. The van der Waals surface area contributed by atoms with Crippen LogP contribution in [0.15, 0.2) is 54.7 Å².